The van der Waals surface area contributed by atoms with Crippen molar-refractivity contribution >= 4 is 11.6 Å². The zero-order chi connectivity index (χ0) is 9.10. The SMILES string of the molecule is Clc1ccccc1-c1c[c]ccc1. The molecule has 63 valence electrons. The number of rotatable bonds is 1. The Kier molecular flexibility index (Phi) is 2.33. The van der Waals surface area contributed by atoms with Crippen LogP contribution >= 0.6 is 11.6 Å². The summed E-state index contributed by atoms with van der Waals surface area (Å²) in [5, 5.41) is 0.780. The Morgan fingerprint density at radius 3 is 2.54 bits per heavy atom. The van der Waals surface area contributed by atoms with E-state index >= 15 is 0 Å². The monoisotopic (exact) mass is 187 g/mol. The maximum Gasteiger partial charge on any atom is 0.0484 e. The first-order chi connectivity index (χ1) is 6.38. The second-order valence-electron chi connectivity index (χ2n) is 2.77. The molecular formula is C12H8Cl. The third kappa shape index (κ3) is 1.73. The fourth-order valence-electron chi connectivity index (χ4n) is 1.26. The van der Waals surface area contributed by atoms with Crippen LogP contribution in [-0.2, 0) is 0 Å². The molecule has 0 saturated carbocycles. The molecule has 0 saturated heterocycles. The van der Waals surface area contributed by atoms with Crippen molar-refractivity contribution in [3.8, 4) is 11.1 Å². The molecule has 0 bridgehead atoms. The van der Waals surface area contributed by atoms with Gasteiger partial charge in [0.1, 0.15) is 0 Å². The summed E-state index contributed by atoms with van der Waals surface area (Å²) in [5.41, 5.74) is 2.16. The van der Waals surface area contributed by atoms with Crippen molar-refractivity contribution in [1.29, 1.82) is 0 Å². The average molecular weight is 188 g/mol. The lowest BCUT2D eigenvalue weighted by Crippen LogP contribution is -1.77. The Morgan fingerprint density at radius 2 is 1.85 bits per heavy atom. The molecule has 1 radical (unpaired) electrons. The summed E-state index contributed by atoms with van der Waals surface area (Å²) in [7, 11) is 0. The Bertz CT molecular complexity index is 393. The van der Waals surface area contributed by atoms with Gasteiger partial charge in [-0.1, -0.05) is 48.0 Å². The highest BCUT2D eigenvalue weighted by atomic mass is 35.5. The largest absolute Gasteiger partial charge is 0.0837 e. The second kappa shape index (κ2) is 3.63. The molecule has 2 aromatic rings. The zero-order valence-corrected chi connectivity index (χ0v) is 7.75. The molecule has 0 fully saturated rings. The van der Waals surface area contributed by atoms with E-state index in [1.165, 1.54) is 0 Å². The van der Waals surface area contributed by atoms with Gasteiger partial charge in [-0.25, -0.2) is 0 Å². The van der Waals surface area contributed by atoms with Crippen LogP contribution in [0.3, 0.4) is 0 Å². The predicted molar refractivity (Wildman–Crippen MR) is 55.7 cm³/mol. The van der Waals surface area contributed by atoms with Gasteiger partial charge >= 0.3 is 0 Å². The Morgan fingerprint density at radius 1 is 1.00 bits per heavy atom. The Hall–Kier alpha value is -1.27. The van der Waals surface area contributed by atoms with Gasteiger partial charge < -0.3 is 0 Å². The lowest BCUT2D eigenvalue weighted by molar-refractivity contribution is 1.61. The van der Waals surface area contributed by atoms with Gasteiger partial charge in [-0.15, -0.1) is 0 Å². The van der Waals surface area contributed by atoms with E-state index in [1.807, 2.05) is 48.5 Å². The summed E-state index contributed by atoms with van der Waals surface area (Å²) in [6, 6.07) is 18.6. The molecule has 0 spiro atoms. The molecule has 0 aliphatic carbocycles. The molecule has 1 heteroatoms. The molecule has 0 nitrogen and oxygen atoms in total. The van der Waals surface area contributed by atoms with Crippen molar-refractivity contribution in [3.05, 3.63) is 59.6 Å². The minimum absolute atomic E-state index is 0.780. The fraction of sp³-hybridized carbons (Fsp3) is 0. The van der Waals surface area contributed by atoms with E-state index in [0.717, 1.165) is 16.1 Å². The molecule has 0 aromatic heterocycles. The predicted octanol–water partition coefficient (Wildman–Crippen LogP) is 3.81. The van der Waals surface area contributed by atoms with Crippen LogP contribution in [0.2, 0.25) is 5.02 Å². The summed E-state index contributed by atoms with van der Waals surface area (Å²) in [6.45, 7) is 0. The minimum Gasteiger partial charge on any atom is -0.0837 e. The second-order valence-corrected chi connectivity index (χ2v) is 3.18. The van der Waals surface area contributed by atoms with E-state index in [2.05, 4.69) is 6.07 Å². The number of hydrogen-bond acceptors (Lipinski definition) is 0. The molecule has 0 aliphatic rings. The Labute approximate surface area is 82.8 Å². The number of benzene rings is 2. The van der Waals surface area contributed by atoms with Crippen molar-refractivity contribution in [2.24, 2.45) is 0 Å². The van der Waals surface area contributed by atoms with Crippen LogP contribution in [0.5, 0.6) is 0 Å². The molecule has 2 rings (SSSR count). The first-order valence-corrected chi connectivity index (χ1v) is 4.47. The number of hydrogen-bond donors (Lipinski definition) is 0. The van der Waals surface area contributed by atoms with Gasteiger partial charge in [-0.3, -0.25) is 0 Å². The standard InChI is InChI=1S/C12H8Cl/c13-12-9-5-4-8-11(12)10-6-2-1-3-7-10/h1-2,4-9H. The van der Waals surface area contributed by atoms with E-state index in [-0.39, 0.29) is 0 Å². The molecule has 13 heavy (non-hydrogen) atoms. The summed E-state index contributed by atoms with van der Waals surface area (Å²) in [6.07, 6.45) is 0. The van der Waals surface area contributed by atoms with Crippen molar-refractivity contribution in [1.82, 2.24) is 0 Å². The van der Waals surface area contributed by atoms with Crippen LogP contribution in [0.1, 0.15) is 0 Å². The fourth-order valence-corrected chi connectivity index (χ4v) is 1.50. The first-order valence-electron chi connectivity index (χ1n) is 4.09. The van der Waals surface area contributed by atoms with Gasteiger partial charge in [0.15, 0.2) is 0 Å². The highest BCUT2D eigenvalue weighted by Gasteiger charge is 1.99. The van der Waals surface area contributed by atoms with Crippen LogP contribution < -0.4 is 0 Å². The van der Waals surface area contributed by atoms with Crippen molar-refractivity contribution in [3.63, 3.8) is 0 Å². The lowest BCUT2D eigenvalue weighted by Gasteiger charge is -2.02. The van der Waals surface area contributed by atoms with Gasteiger partial charge in [0.2, 0.25) is 0 Å². The lowest BCUT2D eigenvalue weighted by atomic mass is 10.1. The first kappa shape index (κ1) is 8.33. The zero-order valence-electron chi connectivity index (χ0n) is 7.00. The summed E-state index contributed by atoms with van der Waals surface area (Å²) in [5.74, 6) is 0. The highest BCUT2D eigenvalue weighted by molar-refractivity contribution is 6.33. The van der Waals surface area contributed by atoms with Crippen LogP contribution in [0.4, 0.5) is 0 Å². The van der Waals surface area contributed by atoms with Crippen LogP contribution in [0.25, 0.3) is 11.1 Å². The third-order valence-corrected chi connectivity index (χ3v) is 2.22. The van der Waals surface area contributed by atoms with Gasteiger partial charge in [-0.05, 0) is 23.8 Å². The summed E-state index contributed by atoms with van der Waals surface area (Å²) >= 11 is 6.04. The molecule has 0 unspecified atom stereocenters. The topological polar surface area (TPSA) is 0 Å². The van der Waals surface area contributed by atoms with Crippen LogP contribution in [0.15, 0.2) is 48.5 Å². The maximum absolute atomic E-state index is 6.04. The molecule has 0 atom stereocenters. The molecule has 0 N–H and O–H groups in total. The van der Waals surface area contributed by atoms with Crippen LogP contribution in [-0.4, -0.2) is 0 Å². The minimum atomic E-state index is 0.780. The third-order valence-electron chi connectivity index (χ3n) is 1.89. The molecule has 0 aliphatic heterocycles. The van der Waals surface area contributed by atoms with Crippen molar-refractivity contribution in [2.45, 2.75) is 0 Å². The van der Waals surface area contributed by atoms with Gasteiger partial charge in [0, 0.05) is 10.6 Å². The summed E-state index contributed by atoms with van der Waals surface area (Å²) in [4.78, 5) is 0. The molecule has 0 amide bonds. The molecule has 2 aromatic carbocycles. The van der Waals surface area contributed by atoms with Gasteiger partial charge in [0.05, 0.1) is 0 Å². The highest BCUT2D eigenvalue weighted by Crippen LogP contribution is 2.26. The maximum atomic E-state index is 6.04. The normalized spacial score (nSPS) is 9.92. The molecule has 0 heterocycles. The molecular weight excluding hydrogens is 180 g/mol. The average Bonchev–Trinajstić information content (AvgIpc) is 2.20. The van der Waals surface area contributed by atoms with E-state index in [9.17, 15) is 0 Å². The van der Waals surface area contributed by atoms with E-state index in [4.69, 9.17) is 11.6 Å². The van der Waals surface area contributed by atoms with Gasteiger partial charge in [-0.2, -0.15) is 0 Å². The quantitative estimate of drug-likeness (QED) is 0.637. The van der Waals surface area contributed by atoms with Crippen molar-refractivity contribution < 1.29 is 0 Å². The number of halogens is 1. The van der Waals surface area contributed by atoms with E-state index in [1.54, 1.807) is 0 Å². The van der Waals surface area contributed by atoms with Crippen molar-refractivity contribution in [2.75, 3.05) is 0 Å². The van der Waals surface area contributed by atoms with Crippen LogP contribution in [0, 0.1) is 6.07 Å². The smallest absolute Gasteiger partial charge is 0.0484 e. The van der Waals surface area contributed by atoms with Gasteiger partial charge in [0.25, 0.3) is 0 Å². The van der Waals surface area contributed by atoms with E-state index in [0.29, 0.717) is 0 Å². The van der Waals surface area contributed by atoms with E-state index < -0.39 is 0 Å². The Balaban J connectivity index is 2.54. The summed E-state index contributed by atoms with van der Waals surface area (Å²) < 4.78 is 0.